The highest BCUT2D eigenvalue weighted by Crippen LogP contribution is 2.19. The lowest BCUT2D eigenvalue weighted by atomic mass is 10.1. The summed E-state index contributed by atoms with van der Waals surface area (Å²) >= 11 is 0. The summed E-state index contributed by atoms with van der Waals surface area (Å²) < 4.78 is 64.8. The van der Waals surface area contributed by atoms with Crippen molar-refractivity contribution in [1.82, 2.24) is 30.5 Å². The number of hydrazine groups is 1. The first-order valence-corrected chi connectivity index (χ1v) is 11.1. The van der Waals surface area contributed by atoms with Gasteiger partial charge in [-0.15, -0.1) is 15.0 Å². The van der Waals surface area contributed by atoms with Crippen LogP contribution in [0.3, 0.4) is 0 Å². The van der Waals surface area contributed by atoms with Crippen LogP contribution in [0.15, 0.2) is 71.6 Å². The van der Waals surface area contributed by atoms with Crippen molar-refractivity contribution >= 4 is 15.9 Å². The second-order valence-electron chi connectivity index (χ2n) is 6.96. The van der Waals surface area contributed by atoms with Crippen molar-refractivity contribution < 1.29 is 26.4 Å². The SMILES string of the molecule is O=C(NNS(=O)(=O)c1c(F)cc(F)cc1F)c1ccc(Cn2nnc(-c3ccccc3)n2)cc1. The second-order valence-corrected chi connectivity index (χ2v) is 8.58. The molecule has 0 saturated heterocycles. The van der Waals surface area contributed by atoms with Crippen LogP contribution in [0.25, 0.3) is 11.4 Å². The van der Waals surface area contributed by atoms with E-state index in [1.54, 1.807) is 17.0 Å². The highest BCUT2D eigenvalue weighted by molar-refractivity contribution is 7.89. The molecule has 0 aliphatic heterocycles. The van der Waals surface area contributed by atoms with Crippen LogP contribution in [0.5, 0.6) is 0 Å². The summed E-state index contributed by atoms with van der Waals surface area (Å²) in [7, 11) is -4.84. The third-order valence-electron chi connectivity index (χ3n) is 4.56. The first-order valence-electron chi connectivity index (χ1n) is 9.62. The van der Waals surface area contributed by atoms with Gasteiger partial charge in [0.1, 0.15) is 17.5 Å². The van der Waals surface area contributed by atoms with Gasteiger partial charge in [0.25, 0.3) is 15.9 Å². The van der Waals surface area contributed by atoms with Crippen LogP contribution in [0.4, 0.5) is 13.2 Å². The molecule has 4 aromatic rings. The molecule has 0 fully saturated rings. The summed E-state index contributed by atoms with van der Waals surface area (Å²) in [6.07, 6.45) is 0. The number of carbonyl (C=O) groups is 1. The quantitative estimate of drug-likeness (QED) is 0.386. The molecule has 1 aromatic heterocycles. The van der Waals surface area contributed by atoms with Gasteiger partial charge in [0.05, 0.1) is 6.54 Å². The number of hydrogen-bond acceptors (Lipinski definition) is 6. The van der Waals surface area contributed by atoms with Gasteiger partial charge in [-0.2, -0.15) is 4.80 Å². The fourth-order valence-electron chi connectivity index (χ4n) is 2.96. The molecular formula is C21H15F3N6O3S. The van der Waals surface area contributed by atoms with Gasteiger partial charge in [-0.1, -0.05) is 42.5 Å². The minimum atomic E-state index is -4.84. The number of aromatic nitrogens is 4. The third kappa shape index (κ3) is 5.10. The summed E-state index contributed by atoms with van der Waals surface area (Å²) in [4.78, 5) is 13.8. The van der Waals surface area contributed by atoms with E-state index in [2.05, 4.69) is 15.4 Å². The Morgan fingerprint density at radius 1 is 0.941 bits per heavy atom. The molecule has 0 unspecified atom stereocenters. The van der Waals surface area contributed by atoms with Gasteiger partial charge < -0.3 is 0 Å². The average molecular weight is 488 g/mol. The minimum absolute atomic E-state index is 0.0584. The molecule has 0 spiro atoms. The highest BCUT2D eigenvalue weighted by Gasteiger charge is 2.25. The zero-order valence-electron chi connectivity index (χ0n) is 17.1. The molecule has 0 aliphatic carbocycles. The summed E-state index contributed by atoms with van der Waals surface area (Å²) in [5.74, 6) is -4.99. The van der Waals surface area contributed by atoms with Crippen molar-refractivity contribution in [3.8, 4) is 11.4 Å². The van der Waals surface area contributed by atoms with Crippen LogP contribution < -0.4 is 10.3 Å². The Morgan fingerprint density at radius 2 is 1.59 bits per heavy atom. The standard InChI is InChI=1S/C21H15F3N6O3S/c22-16-10-17(23)19(18(24)11-16)34(32,33)29-26-21(31)15-8-6-13(7-9-15)12-30-27-20(25-28-30)14-4-2-1-3-5-14/h1-11,29H,12H2,(H,26,31). The molecule has 2 N–H and O–H groups in total. The van der Waals surface area contributed by atoms with E-state index in [-0.39, 0.29) is 24.2 Å². The van der Waals surface area contributed by atoms with Crippen molar-refractivity contribution in [1.29, 1.82) is 0 Å². The molecule has 0 radical (unpaired) electrons. The second kappa shape index (κ2) is 9.41. The lowest BCUT2D eigenvalue weighted by Gasteiger charge is -2.10. The molecule has 34 heavy (non-hydrogen) atoms. The van der Waals surface area contributed by atoms with E-state index in [9.17, 15) is 26.4 Å². The topological polar surface area (TPSA) is 119 Å². The molecule has 0 saturated carbocycles. The van der Waals surface area contributed by atoms with Crippen molar-refractivity contribution in [2.75, 3.05) is 0 Å². The Balaban J connectivity index is 1.39. The Morgan fingerprint density at radius 3 is 2.24 bits per heavy atom. The van der Waals surface area contributed by atoms with E-state index in [1.165, 1.54) is 16.9 Å². The van der Waals surface area contributed by atoms with Gasteiger partial charge in [0, 0.05) is 23.3 Å². The van der Waals surface area contributed by atoms with Gasteiger partial charge in [-0.3, -0.25) is 10.2 Å². The molecule has 0 aliphatic rings. The molecular weight excluding hydrogens is 473 g/mol. The van der Waals surface area contributed by atoms with E-state index in [0.717, 1.165) is 11.1 Å². The van der Waals surface area contributed by atoms with Crippen LogP contribution in [-0.2, 0) is 16.6 Å². The molecule has 0 atom stereocenters. The van der Waals surface area contributed by atoms with E-state index < -0.39 is 38.3 Å². The molecule has 4 rings (SSSR count). The first-order chi connectivity index (χ1) is 16.2. The maximum absolute atomic E-state index is 13.7. The van der Waals surface area contributed by atoms with Gasteiger partial charge in [0.15, 0.2) is 4.90 Å². The first kappa shape index (κ1) is 23.1. The molecule has 13 heteroatoms. The van der Waals surface area contributed by atoms with E-state index in [4.69, 9.17) is 0 Å². The zero-order valence-corrected chi connectivity index (χ0v) is 17.9. The van der Waals surface area contributed by atoms with Crippen LogP contribution in [0.2, 0.25) is 0 Å². The Hall–Kier alpha value is -4.10. The Bertz CT molecular complexity index is 1420. The number of hydrogen-bond donors (Lipinski definition) is 2. The lowest BCUT2D eigenvalue weighted by molar-refractivity contribution is 0.0945. The van der Waals surface area contributed by atoms with Crippen LogP contribution in [0, 0.1) is 17.5 Å². The van der Waals surface area contributed by atoms with Crippen LogP contribution in [0.1, 0.15) is 15.9 Å². The molecule has 9 nitrogen and oxygen atoms in total. The monoisotopic (exact) mass is 488 g/mol. The maximum Gasteiger partial charge on any atom is 0.266 e. The largest absolute Gasteiger partial charge is 0.273 e. The number of halogens is 3. The van der Waals surface area contributed by atoms with Gasteiger partial charge in [-0.25, -0.2) is 21.6 Å². The van der Waals surface area contributed by atoms with Crippen molar-refractivity contribution in [3.05, 3.63) is 95.3 Å². The van der Waals surface area contributed by atoms with Gasteiger partial charge in [0.2, 0.25) is 5.82 Å². The normalized spacial score (nSPS) is 11.4. The number of sulfonamides is 1. The predicted octanol–water partition coefficient (Wildman–Crippen LogP) is 2.43. The molecule has 0 bridgehead atoms. The van der Waals surface area contributed by atoms with Crippen LogP contribution in [-0.4, -0.2) is 34.5 Å². The molecule has 174 valence electrons. The number of benzene rings is 3. The number of tetrazole rings is 1. The lowest BCUT2D eigenvalue weighted by Crippen LogP contribution is -2.42. The number of carbonyl (C=O) groups excluding carboxylic acids is 1. The third-order valence-corrected chi connectivity index (χ3v) is 5.85. The summed E-state index contributed by atoms with van der Waals surface area (Å²) in [5.41, 5.74) is 3.45. The number of nitrogens with zero attached hydrogens (tertiary/aromatic N) is 4. The van der Waals surface area contributed by atoms with Crippen LogP contribution >= 0.6 is 0 Å². The van der Waals surface area contributed by atoms with Crippen molar-refractivity contribution in [2.45, 2.75) is 11.4 Å². The summed E-state index contributed by atoms with van der Waals surface area (Å²) in [6, 6.07) is 15.7. The van der Waals surface area contributed by atoms with Crippen molar-refractivity contribution in [2.24, 2.45) is 0 Å². The number of rotatable bonds is 7. The highest BCUT2D eigenvalue weighted by atomic mass is 32.2. The van der Waals surface area contributed by atoms with E-state index in [0.29, 0.717) is 5.82 Å². The minimum Gasteiger partial charge on any atom is -0.273 e. The van der Waals surface area contributed by atoms with Crippen molar-refractivity contribution in [3.63, 3.8) is 0 Å². The van der Waals surface area contributed by atoms with Gasteiger partial charge >= 0.3 is 0 Å². The Labute approximate surface area is 191 Å². The maximum atomic E-state index is 13.7. The fourth-order valence-corrected chi connectivity index (χ4v) is 3.92. The molecule has 1 heterocycles. The predicted molar refractivity (Wildman–Crippen MR) is 113 cm³/mol. The Kier molecular flexibility index (Phi) is 6.38. The zero-order chi connectivity index (χ0) is 24.3. The number of amides is 1. The molecule has 3 aromatic carbocycles. The van der Waals surface area contributed by atoms with E-state index in [1.807, 2.05) is 35.8 Å². The smallest absolute Gasteiger partial charge is 0.266 e. The molecule has 1 amide bonds. The van der Waals surface area contributed by atoms with Gasteiger partial charge in [-0.05, 0) is 22.9 Å². The van der Waals surface area contributed by atoms with E-state index >= 15 is 0 Å². The summed E-state index contributed by atoms with van der Waals surface area (Å²) in [6.45, 7) is 0.261. The number of nitrogens with one attached hydrogen (secondary N) is 2. The summed E-state index contributed by atoms with van der Waals surface area (Å²) in [5, 5.41) is 12.3. The fraction of sp³-hybridized carbons (Fsp3) is 0.0476. The average Bonchev–Trinajstić information content (AvgIpc) is 3.26.